The van der Waals surface area contributed by atoms with Crippen molar-refractivity contribution in [2.45, 2.75) is 11.9 Å². The molecule has 1 atom stereocenters. The van der Waals surface area contributed by atoms with E-state index in [9.17, 15) is 4.57 Å². The average Bonchev–Trinajstić information content (AvgIpc) is 1.35. The lowest BCUT2D eigenvalue weighted by molar-refractivity contribution is 0.340. The summed E-state index contributed by atoms with van der Waals surface area (Å²) in [7, 11) is -0.273. The van der Waals surface area contributed by atoms with Crippen molar-refractivity contribution < 1.29 is 9.09 Å². The van der Waals surface area contributed by atoms with Crippen LogP contribution in [0.3, 0.4) is 0 Å². The van der Waals surface area contributed by atoms with E-state index in [-0.39, 0.29) is 13.7 Å². The number of halogens is 1. The van der Waals surface area contributed by atoms with Gasteiger partial charge in [0.05, 0.1) is 0 Å². The van der Waals surface area contributed by atoms with Crippen LogP contribution in [0.1, 0.15) is 6.92 Å². The van der Waals surface area contributed by atoms with Gasteiger partial charge in [-0.15, -0.1) is 0 Å². The fraction of sp³-hybridized carbons (Fsp3) is 1.00. The molecule has 0 aliphatic heterocycles. The minimum atomic E-state index is -0.273. The van der Waals surface area contributed by atoms with Gasteiger partial charge in [-0.1, -0.05) is 15.9 Å². The quantitative estimate of drug-likeness (QED) is 0.468. The highest BCUT2D eigenvalue weighted by molar-refractivity contribution is 9.09. The fourth-order valence-corrected chi connectivity index (χ4v) is 0.383. The monoisotopic (exact) mass is 170 g/mol. The Kier molecular flexibility index (Phi) is 4.06. The Bertz CT molecular complexity index is 46.8. The normalized spacial score (nSPS) is 15.0. The highest BCUT2D eigenvalue weighted by Crippen LogP contribution is 2.06. The molecule has 0 amide bonds. The van der Waals surface area contributed by atoms with Crippen molar-refractivity contribution in [1.29, 1.82) is 0 Å². The van der Waals surface area contributed by atoms with Gasteiger partial charge < -0.3 is 0 Å². The van der Waals surface area contributed by atoms with Gasteiger partial charge in [0.25, 0.3) is 0 Å². The third kappa shape index (κ3) is 4.54. The molecule has 6 heavy (non-hydrogen) atoms. The molecule has 0 radical (unpaired) electrons. The molecule has 0 saturated carbocycles. The Hall–Kier alpha value is 0.540. The van der Waals surface area contributed by atoms with Gasteiger partial charge in [-0.2, -0.15) is 0 Å². The van der Waals surface area contributed by atoms with Crippen molar-refractivity contribution in [3.63, 3.8) is 0 Å². The summed E-state index contributed by atoms with van der Waals surface area (Å²) < 4.78 is 13.8. The lowest BCUT2D eigenvalue weighted by Gasteiger charge is -1.88. The highest BCUT2D eigenvalue weighted by atomic mass is 79.9. The minimum absolute atomic E-state index is 0.114. The largest absolute Gasteiger partial charge is 0.328 e. The molecule has 0 aliphatic carbocycles. The Balaban J connectivity index is 2.81. The summed E-state index contributed by atoms with van der Waals surface area (Å²) in [6.07, 6.45) is 0. The first-order valence-corrected chi connectivity index (χ1v) is 3.04. The van der Waals surface area contributed by atoms with Crippen molar-refractivity contribution in [2.75, 3.05) is 0 Å². The molecule has 1 unspecified atom stereocenters. The number of rotatable bonds is 2. The Morgan fingerprint density at radius 3 is 2.50 bits per heavy atom. The van der Waals surface area contributed by atoms with E-state index < -0.39 is 0 Å². The van der Waals surface area contributed by atoms with Gasteiger partial charge in [-0.3, -0.25) is 4.52 Å². The summed E-state index contributed by atoms with van der Waals surface area (Å²) in [5.41, 5.74) is 0. The van der Waals surface area contributed by atoms with E-state index in [4.69, 9.17) is 0 Å². The van der Waals surface area contributed by atoms with Crippen LogP contribution >= 0.6 is 24.6 Å². The van der Waals surface area contributed by atoms with Crippen LogP contribution < -0.4 is 0 Å². The zero-order valence-electron chi connectivity index (χ0n) is 3.22. The maximum atomic E-state index is 9.46. The second-order valence-corrected chi connectivity index (χ2v) is 2.37. The summed E-state index contributed by atoms with van der Waals surface area (Å²) in [6, 6.07) is 0. The molecule has 0 heterocycles. The van der Waals surface area contributed by atoms with E-state index >= 15 is 0 Å². The van der Waals surface area contributed by atoms with Crippen LogP contribution in [0, 0.1) is 0 Å². The first-order valence-electron chi connectivity index (χ1n) is 1.40. The summed E-state index contributed by atoms with van der Waals surface area (Å²) in [6.45, 7) is 1.74. The Morgan fingerprint density at radius 2 is 2.50 bits per heavy atom. The van der Waals surface area contributed by atoms with Gasteiger partial charge in [0, 0.05) is 0 Å². The topological polar surface area (TPSA) is 26.3 Å². The molecule has 2 nitrogen and oxygen atoms in total. The van der Waals surface area contributed by atoms with Gasteiger partial charge in [0.15, 0.2) is 0 Å². The van der Waals surface area contributed by atoms with Crippen molar-refractivity contribution >= 4 is 24.6 Å². The molecule has 0 rings (SSSR count). The Labute approximate surface area is 46.3 Å². The maximum Gasteiger partial charge on any atom is 0.328 e. The lowest BCUT2D eigenvalue weighted by atomic mass is 10.9. The molecule has 0 aromatic rings. The van der Waals surface area contributed by atoms with Crippen LogP contribution in [0.25, 0.3) is 0 Å². The van der Waals surface area contributed by atoms with Gasteiger partial charge in [-0.25, -0.2) is 4.57 Å². The molecule has 4 heteroatoms. The molecular weight excluding hydrogens is 167 g/mol. The third-order valence-electron chi connectivity index (χ3n) is 0.188. The molecule has 0 aliphatic rings. The summed E-state index contributed by atoms with van der Waals surface area (Å²) in [5, 5.41) is -0.114. The molecule has 36 valence electrons. The van der Waals surface area contributed by atoms with E-state index in [1.54, 1.807) is 6.92 Å². The minimum Gasteiger partial charge on any atom is -0.280 e. The van der Waals surface area contributed by atoms with E-state index in [0.29, 0.717) is 0 Å². The SMILES string of the molecule is CC(Br)OP=O. The van der Waals surface area contributed by atoms with E-state index in [2.05, 4.69) is 20.5 Å². The van der Waals surface area contributed by atoms with Gasteiger partial charge >= 0.3 is 8.69 Å². The van der Waals surface area contributed by atoms with Crippen LogP contribution in [0.4, 0.5) is 0 Å². The molecular formula is C2H4BrO2P. The summed E-state index contributed by atoms with van der Waals surface area (Å²) in [4.78, 5) is 0. The van der Waals surface area contributed by atoms with Gasteiger partial charge in [0.1, 0.15) is 5.01 Å². The summed E-state index contributed by atoms with van der Waals surface area (Å²) in [5.74, 6) is 0. The molecule has 0 spiro atoms. The predicted molar refractivity (Wildman–Crippen MR) is 27.1 cm³/mol. The third-order valence-corrected chi connectivity index (χ3v) is 1.07. The van der Waals surface area contributed by atoms with Crippen molar-refractivity contribution in [3.8, 4) is 0 Å². The Morgan fingerprint density at radius 1 is 2.00 bits per heavy atom. The first kappa shape index (κ1) is 6.54. The number of hydrogen-bond acceptors (Lipinski definition) is 2. The lowest BCUT2D eigenvalue weighted by Crippen LogP contribution is -1.83. The molecule has 0 aromatic heterocycles. The zero-order valence-corrected chi connectivity index (χ0v) is 5.70. The molecule has 0 fully saturated rings. The van der Waals surface area contributed by atoms with Crippen LogP contribution in [0.2, 0.25) is 0 Å². The fourth-order valence-electron chi connectivity index (χ4n) is 0.0593. The van der Waals surface area contributed by atoms with Crippen LogP contribution in [0.15, 0.2) is 0 Å². The van der Waals surface area contributed by atoms with Gasteiger partial charge in [-0.05, 0) is 6.92 Å². The first-order chi connectivity index (χ1) is 2.77. The van der Waals surface area contributed by atoms with Crippen LogP contribution in [0.5, 0.6) is 0 Å². The number of hydrogen-bond donors (Lipinski definition) is 0. The van der Waals surface area contributed by atoms with Crippen molar-refractivity contribution in [1.82, 2.24) is 0 Å². The summed E-state index contributed by atoms with van der Waals surface area (Å²) >= 11 is 3.01. The smallest absolute Gasteiger partial charge is 0.280 e. The second kappa shape index (κ2) is 3.72. The van der Waals surface area contributed by atoms with Crippen molar-refractivity contribution in [2.24, 2.45) is 0 Å². The second-order valence-electron chi connectivity index (χ2n) is 0.723. The highest BCUT2D eigenvalue weighted by Gasteiger charge is 1.88. The average molecular weight is 171 g/mol. The van der Waals surface area contributed by atoms with Gasteiger partial charge in [0.2, 0.25) is 0 Å². The van der Waals surface area contributed by atoms with Crippen LogP contribution in [-0.2, 0) is 9.09 Å². The van der Waals surface area contributed by atoms with E-state index in [0.717, 1.165) is 0 Å². The molecule has 0 aromatic carbocycles. The zero-order chi connectivity index (χ0) is 4.99. The van der Waals surface area contributed by atoms with E-state index in [1.807, 2.05) is 0 Å². The standard InChI is InChI=1S/C2H4BrO2P/c1-2(3)5-6-4/h2H,1H3. The molecule has 0 bridgehead atoms. The number of alkyl halides is 1. The van der Waals surface area contributed by atoms with E-state index in [1.165, 1.54) is 0 Å². The van der Waals surface area contributed by atoms with Crippen LogP contribution in [-0.4, -0.2) is 5.01 Å². The van der Waals surface area contributed by atoms with Crippen molar-refractivity contribution in [3.05, 3.63) is 0 Å². The predicted octanol–water partition coefficient (Wildman–Crippen LogP) is 1.95. The maximum absolute atomic E-state index is 9.46. The molecule has 0 N–H and O–H groups in total. The molecule has 0 saturated heterocycles.